The Kier molecular flexibility index (Phi) is 15.5. The Balaban J connectivity index is 0. The zero-order chi connectivity index (χ0) is 24.5. The summed E-state index contributed by atoms with van der Waals surface area (Å²) < 4.78 is 9.51. The van der Waals surface area contributed by atoms with Crippen molar-refractivity contribution in [2.24, 2.45) is 0 Å². The van der Waals surface area contributed by atoms with Gasteiger partial charge in [-0.3, -0.25) is 34.6 Å². The van der Waals surface area contributed by atoms with Gasteiger partial charge in [0.25, 0.3) is 5.88 Å². The van der Waals surface area contributed by atoms with Crippen molar-refractivity contribution in [2.45, 2.75) is 17.7 Å². The smallest absolute Gasteiger partial charge is 0.395 e. The molecule has 32 heavy (non-hydrogen) atoms. The van der Waals surface area contributed by atoms with Gasteiger partial charge in [-0.1, -0.05) is 54.2 Å². The SMILES string of the molecule is C.CSc1nc(Cl)c([N+](=O)[O-])c(Cl)n1.CSc1nc(O)c([N+](=O)[O-])c(=O)[nH]1.O=P(Cl)(Cl)Cl. The highest BCUT2D eigenvalue weighted by atomic mass is 36.0. The number of aromatic hydroxyl groups is 1. The zero-order valence-corrected chi connectivity index (χ0v) is 21.1. The molecule has 0 saturated carbocycles. The van der Waals surface area contributed by atoms with E-state index in [1.165, 1.54) is 11.8 Å². The van der Waals surface area contributed by atoms with Crippen LogP contribution in [0, 0.1) is 20.2 Å². The van der Waals surface area contributed by atoms with Crippen LogP contribution in [0.3, 0.4) is 0 Å². The molecule has 0 radical (unpaired) electrons. The number of halogens is 5. The molecule has 0 unspecified atom stereocenters. The molecule has 0 aliphatic heterocycles. The van der Waals surface area contributed by atoms with E-state index in [2.05, 4.69) is 53.7 Å². The first-order valence-corrected chi connectivity index (χ1v) is 14.4. The summed E-state index contributed by atoms with van der Waals surface area (Å²) in [5, 5.41) is 26.3. The molecule has 2 rings (SSSR count). The molecule has 0 spiro atoms. The van der Waals surface area contributed by atoms with Crippen LogP contribution >= 0.6 is 85.6 Å². The van der Waals surface area contributed by atoms with Gasteiger partial charge >= 0.3 is 22.1 Å². The van der Waals surface area contributed by atoms with Gasteiger partial charge < -0.3 is 5.11 Å². The second-order valence-corrected chi connectivity index (χ2v) is 13.2. The molecule has 21 heteroatoms. The molecule has 2 heterocycles. The Bertz CT molecular complexity index is 1040. The lowest BCUT2D eigenvalue weighted by atomic mass is 10.5. The third kappa shape index (κ3) is 12.3. The average Bonchev–Trinajstić information content (AvgIpc) is 2.58. The number of aromatic nitrogens is 4. The third-order valence-electron chi connectivity index (χ3n) is 2.37. The summed E-state index contributed by atoms with van der Waals surface area (Å²) in [6.07, 6.45) is 3.33. The van der Waals surface area contributed by atoms with E-state index < -0.39 is 37.9 Å². The van der Waals surface area contributed by atoms with Gasteiger partial charge in [-0.2, -0.15) is 4.98 Å². The van der Waals surface area contributed by atoms with Crippen LogP contribution < -0.4 is 5.56 Å². The number of hydrogen-bond donors (Lipinski definition) is 2. The summed E-state index contributed by atoms with van der Waals surface area (Å²) in [4.78, 5) is 42.7. The Labute approximate surface area is 212 Å². The van der Waals surface area contributed by atoms with E-state index in [1.54, 1.807) is 12.5 Å². The van der Waals surface area contributed by atoms with Gasteiger partial charge in [0.15, 0.2) is 10.3 Å². The fourth-order valence-corrected chi connectivity index (χ4v) is 2.69. The topological polar surface area (TPSA) is 195 Å². The lowest BCUT2D eigenvalue weighted by Gasteiger charge is -1.98. The Morgan fingerprint density at radius 3 is 1.66 bits per heavy atom. The third-order valence-corrected chi connectivity index (χ3v) is 4.03. The molecule has 0 atom stereocenters. The fraction of sp³-hybridized carbons (Fsp3) is 0.273. The number of H-pyrrole nitrogens is 1. The van der Waals surface area contributed by atoms with Crippen LogP contribution in [0.5, 0.6) is 5.88 Å². The van der Waals surface area contributed by atoms with Crippen molar-refractivity contribution < 1.29 is 19.5 Å². The number of hydrogen-bond acceptors (Lipinski definition) is 12. The van der Waals surface area contributed by atoms with Crippen LogP contribution in [-0.4, -0.2) is 47.4 Å². The number of thioether (sulfide) groups is 2. The van der Waals surface area contributed by atoms with E-state index in [4.69, 9.17) is 28.3 Å². The molecular formula is C11H12Cl5N6O7PS2. The van der Waals surface area contributed by atoms with Gasteiger partial charge in [0.2, 0.25) is 10.3 Å². The maximum absolute atomic E-state index is 11.0. The predicted octanol–water partition coefficient (Wildman–Crippen LogP) is 5.97. The van der Waals surface area contributed by atoms with Crippen LogP contribution in [0.2, 0.25) is 10.3 Å². The van der Waals surface area contributed by atoms with Gasteiger partial charge in [0.05, 0.1) is 9.85 Å². The van der Waals surface area contributed by atoms with Gasteiger partial charge in [-0.15, -0.1) is 0 Å². The van der Waals surface area contributed by atoms with Gasteiger partial charge in [-0.05, 0) is 46.2 Å². The molecule has 0 aromatic carbocycles. The van der Waals surface area contributed by atoms with Crippen LogP contribution in [0.4, 0.5) is 11.4 Å². The number of aromatic amines is 1. The van der Waals surface area contributed by atoms with E-state index in [9.17, 15) is 29.6 Å². The van der Waals surface area contributed by atoms with Crippen molar-refractivity contribution in [1.82, 2.24) is 19.9 Å². The number of rotatable bonds is 4. The minimum Gasteiger partial charge on any atom is -0.488 e. The van der Waals surface area contributed by atoms with Crippen molar-refractivity contribution in [3.05, 3.63) is 40.9 Å². The molecule has 0 aliphatic carbocycles. The first-order valence-electron chi connectivity index (χ1n) is 6.74. The molecule has 2 N–H and O–H groups in total. The molecule has 0 fully saturated rings. The number of nitrogens with one attached hydrogen (secondary N) is 1. The van der Waals surface area contributed by atoms with Crippen LogP contribution in [0.15, 0.2) is 15.1 Å². The van der Waals surface area contributed by atoms with E-state index in [0.717, 1.165) is 11.8 Å². The van der Waals surface area contributed by atoms with E-state index in [0.29, 0.717) is 5.16 Å². The second kappa shape index (κ2) is 15.0. The van der Waals surface area contributed by atoms with Crippen molar-refractivity contribution in [3.8, 4) is 5.88 Å². The molecule has 180 valence electrons. The molecule has 2 aromatic heterocycles. The van der Waals surface area contributed by atoms with Gasteiger partial charge in [0.1, 0.15) is 0 Å². The first kappa shape index (κ1) is 33.1. The zero-order valence-electron chi connectivity index (χ0n) is 14.8. The summed E-state index contributed by atoms with van der Waals surface area (Å²) in [6, 6.07) is 0. The molecule has 13 nitrogen and oxygen atoms in total. The Morgan fingerprint density at radius 2 is 1.38 bits per heavy atom. The van der Waals surface area contributed by atoms with Crippen LogP contribution in [0.25, 0.3) is 0 Å². The maximum Gasteiger partial charge on any atom is 0.395 e. The Morgan fingerprint density at radius 1 is 0.969 bits per heavy atom. The highest BCUT2D eigenvalue weighted by Crippen LogP contribution is 2.61. The average molecular weight is 613 g/mol. The lowest BCUT2D eigenvalue weighted by Crippen LogP contribution is -2.13. The van der Waals surface area contributed by atoms with E-state index in [-0.39, 0.29) is 22.9 Å². The predicted molar refractivity (Wildman–Crippen MR) is 127 cm³/mol. The van der Waals surface area contributed by atoms with Crippen LogP contribution in [0.1, 0.15) is 7.43 Å². The van der Waals surface area contributed by atoms with Crippen molar-refractivity contribution in [3.63, 3.8) is 0 Å². The molecular weight excluding hydrogens is 601 g/mol. The molecule has 2 aromatic rings. The normalized spacial score (nSPS) is 9.97. The molecule has 0 bridgehead atoms. The van der Waals surface area contributed by atoms with Gasteiger partial charge in [-0.25, -0.2) is 9.97 Å². The number of nitro groups is 2. The highest BCUT2D eigenvalue weighted by molar-refractivity contribution is 8.24. The van der Waals surface area contributed by atoms with E-state index >= 15 is 0 Å². The monoisotopic (exact) mass is 610 g/mol. The summed E-state index contributed by atoms with van der Waals surface area (Å²) in [5.41, 5.74) is -2.35. The van der Waals surface area contributed by atoms with Crippen molar-refractivity contribution in [1.29, 1.82) is 0 Å². The van der Waals surface area contributed by atoms with Gasteiger partial charge in [0, 0.05) is 0 Å². The van der Waals surface area contributed by atoms with Crippen LogP contribution in [-0.2, 0) is 4.57 Å². The molecule has 0 aliphatic rings. The minimum atomic E-state index is -3.22. The summed E-state index contributed by atoms with van der Waals surface area (Å²) in [7, 11) is 0. The largest absolute Gasteiger partial charge is 0.488 e. The quantitative estimate of drug-likeness (QED) is 0.103. The second-order valence-electron chi connectivity index (χ2n) is 4.30. The summed E-state index contributed by atoms with van der Waals surface area (Å²) in [6.45, 7) is 0. The van der Waals surface area contributed by atoms with Crippen molar-refractivity contribution >= 4 is 97.0 Å². The minimum absolute atomic E-state index is 0. The molecule has 0 amide bonds. The fourth-order valence-electron chi connectivity index (χ4n) is 1.32. The van der Waals surface area contributed by atoms with E-state index in [1.807, 2.05) is 0 Å². The first-order chi connectivity index (χ1) is 14.1. The summed E-state index contributed by atoms with van der Waals surface area (Å²) in [5.74, 6) is -0.863. The highest BCUT2D eigenvalue weighted by Gasteiger charge is 2.22. The van der Waals surface area contributed by atoms with Crippen molar-refractivity contribution in [2.75, 3.05) is 12.5 Å². The lowest BCUT2D eigenvalue weighted by molar-refractivity contribution is -0.387. The standard InChI is InChI=1S/C5H3Cl2N3O2S.C5H5N3O4S.CH4.Cl3OP/c1-13-5-8-3(6)2(10(11)12)4(7)9-5;1-13-5-6-3(9)2(8(11)12)4(10)7-5;;1-5(2,3)4/h1H3;1H3,(H2,6,7,9,10);1H4;. The molecule has 0 saturated heterocycles. The summed E-state index contributed by atoms with van der Waals surface area (Å²) >= 11 is 27.2. The number of nitrogens with zero attached hydrogens (tertiary/aromatic N) is 5. The maximum atomic E-state index is 11.0. The Hall–Kier alpha value is -1.06.